The van der Waals surface area contributed by atoms with Crippen LogP contribution in [0.3, 0.4) is 0 Å². The minimum absolute atomic E-state index is 0.00623. The fourth-order valence-corrected chi connectivity index (χ4v) is 3.01. The predicted octanol–water partition coefficient (Wildman–Crippen LogP) is 0.768. The number of carbonyl (C=O) groups excluding carboxylic acids is 2. The second-order valence-corrected chi connectivity index (χ2v) is 6.51. The van der Waals surface area contributed by atoms with Gasteiger partial charge in [-0.3, -0.25) is 9.59 Å². The lowest BCUT2D eigenvalue weighted by atomic mass is 9.82. The van der Waals surface area contributed by atoms with Crippen molar-refractivity contribution in [3.8, 4) is 0 Å². The third kappa shape index (κ3) is 3.72. The van der Waals surface area contributed by atoms with E-state index in [2.05, 4.69) is 5.32 Å². The number of hydrogen-bond acceptors (Lipinski definition) is 3. The van der Waals surface area contributed by atoms with Gasteiger partial charge in [-0.2, -0.15) is 0 Å². The van der Waals surface area contributed by atoms with Gasteiger partial charge >= 0.3 is 0 Å². The summed E-state index contributed by atoms with van der Waals surface area (Å²) in [6, 6.07) is 0. The summed E-state index contributed by atoms with van der Waals surface area (Å²) >= 11 is 0. The third-order valence-electron chi connectivity index (χ3n) is 4.37. The van der Waals surface area contributed by atoms with Gasteiger partial charge in [0.15, 0.2) is 0 Å². The van der Waals surface area contributed by atoms with Crippen LogP contribution in [-0.4, -0.2) is 47.6 Å². The van der Waals surface area contributed by atoms with Crippen LogP contribution < -0.4 is 5.32 Å². The van der Waals surface area contributed by atoms with E-state index in [-0.39, 0.29) is 29.8 Å². The molecule has 2 aliphatic rings. The van der Waals surface area contributed by atoms with E-state index in [1.807, 2.05) is 18.7 Å². The Balaban J connectivity index is 1.76. The van der Waals surface area contributed by atoms with E-state index in [4.69, 9.17) is 0 Å². The first kappa shape index (κ1) is 15.3. The van der Waals surface area contributed by atoms with E-state index < -0.39 is 0 Å². The van der Waals surface area contributed by atoms with Crippen LogP contribution in [0.4, 0.5) is 0 Å². The van der Waals surface area contributed by atoms with Crippen molar-refractivity contribution >= 4 is 11.8 Å². The molecule has 1 atom stereocenters. The average molecular weight is 282 g/mol. The molecule has 0 radical (unpaired) electrons. The van der Waals surface area contributed by atoms with Crippen molar-refractivity contribution in [3.63, 3.8) is 0 Å². The molecule has 2 N–H and O–H groups in total. The lowest BCUT2D eigenvalue weighted by Gasteiger charge is -2.35. The molecular weight excluding hydrogens is 256 g/mol. The maximum Gasteiger partial charge on any atom is 0.225 e. The van der Waals surface area contributed by atoms with E-state index in [1.54, 1.807) is 0 Å². The Morgan fingerprint density at radius 3 is 2.65 bits per heavy atom. The fraction of sp³-hybridized carbons (Fsp3) is 0.867. The van der Waals surface area contributed by atoms with Gasteiger partial charge in [0.05, 0.1) is 12.0 Å². The molecule has 1 saturated heterocycles. The Hall–Kier alpha value is -1.10. The van der Waals surface area contributed by atoms with Crippen molar-refractivity contribution in [2.75, 3.05) is 19.6 Å². The van der Waals surface area contributed by atoms with Crippen molar-refractivity contribution in [2.45, 2.75) is 45.6 Å². The minimum atomic E-state index is -0.175. The highest BCUT2D eigenvalue weighted by molar-refractivity contribution is 5.82. The number of aliphatic hydroxyl groups is 1. The van der Waals surface area contributed by atoms with Crippen LogP contribution in [0.25, 0.3) is 0 Å². The Kier molecular flexibility index (Phi) is 5.02. The van der Waals surface area contributed by atoms with Gasteiger partial charge in [-0.25, -0.2) is 0 Å². The number of carbonyl (C=O) groups is 2. The minimum Gasteiger partial charge on any atom is -0.393 e. The Labute approximate surface area is 120 Å². The van der Waals surface area contributed by atoms with Crippen LogP contribution in [0.1, 0.15) is 39.5 Å². The molecule has 0 spiro atoms. The largest absolute Gasteiger partial charge is 0.393 e. The number of likely N-dealkylation sites (tertiary alicyclic amines) is 1. The first-order chi connectivity index (χ1) is 9.47. The van der Waals surface area contributed by atoms with Crippen LogP contribution in [0, 0.1) is 17.8 Å². The Morgan fingerprint density at radius 1 is 1.35 bits per heavy atom. The molecule has 2 amide bonds. The van der Waals surface area contributed by atoms with Crippen LogP contribution in [0.5, 0.6) is 0 Å². The fourth-order valence-electron chi connectivity index (χ4n) is 3.01. The lowest BCUT2D eigenvalue weighted by molar-refractivity contribution is -0.138. The lowest BCUT2D eigenvalue weighted by Crippen LogP contribution is -2.48. The van der Waals surface area contributed by atoms with Crippen LogP contribution >= 0.6 is 0 Å². The number of aliphatic hydroxyl groups excluding tert-OH is 1. The van der Waals surface area contributed by atoms with Crippen molar-refractivity contribution in [3.05, 3.63) is 0 Å². The van der Waals surface area contributed by atoms with Crippen LogP contribution in [-0.2, 0) is 9.59 Å². The van der Waals surface area contributed by atoms with Gasteiger partial charge in [-0.1, -0.05) is 13.8 Å². The molecule has 0 aromatic carbocycles. The molecular formula is C15H26N2O3. The predicted molar refractivity (Wildman–Crippen MR) is 75.9 cm³/mol. The van der Waals surface area contributed by atoms with Crippen molar-refractivity contribution in [1.29, 1.82) is 0 Å². The summed E-state index contributed by atoms with van der Waals surface area (Å²) in [6.07, 6.45) is 3.18. The monoisotopic (exact) mass is 282 g/mol. The highest BCUT2D eigenvalue weighted by Crippen LogP contribution is 2.26. The number of piperidine rings is 1. The molecule has 114 valence electrons. The number of amides is 2. The van der Waals surface area contributed by atoms with E-state index >= 15 is 0 Å². The maximum atomic E-state index is 12.2. The second kappa shape index (κ2) is 6.57. The topological polar surface area (TPSA) is 69.6 Å². The van der Waals surface area contributed by atoms with E-state index in [0.29, 0.717) is 19.0 Å². The molecule has 0 aromatic heterocycles. The molecule has 5 nitrogen and oxygen atoms in total. The highest BCUT2D eigenvalue weighted by atomic mass is 16.3. The summed E-state index contributed by atoms with van der Waals surface area (Å²) in [5.41, 5.74) is 0. The number of hydrogen-bond donors (Lipinski definition) is 2. The summed E-state index contributed by atoms with van der Waals surface area (Å²) in [6.45, 7) is 5.78. The molecule has 5 heteroatoms. The van der Waals surface area contributed by atoms with Gasteiger partial charge in [0.2, 0.25) is 11.8 Å². The quantitative estimate of drug-likeness (QED) is 0.800. The molecule has 1 aliphatic carbocycles. The standard InChI is InChI=1S/C15H26N2O3/c1-10(2)15(20)17-5-3-4-12(9-17)14(19)16-8-11-6-13(18)7-11/h10-13,18H,3-9H2,1-2H3,(H,16,19). The van der Waals surface area contributed by atoms with Gasteiger partial charge in [0.1, 0.15) is 0 Å². The normalized spacial score (nSPS) is 30.0. The van der Waals surface area contributed by atoms with E-state index in [1.165, 1.54) is 0 Å². The molecule has 1 heterocycles. The summed E-state index contributed by atoms with van der Waals surface area (Å²) in [5, 5.41) is 12.2. The van der Waals surface area contributed by atoms with Gasteiger partial charge in [0, 0.05) is 25.6 Å². The molecule has 1 saturated carbocycles. The number of nitrogens with one attached hydrogen (secondary N) is 1. The zero-order valence-corrected chi connectivity index (χ0v) is 12.5. The van der Waals surface area contributed by atoms with Crippen molar-refractivity contribution in [2.24, 2.45) is 17.8 Å². The van der Waals surface area contributed by atoms with E-state index in [0.717, 1.165) is 32.2 Å². The molecule has 1 aliphatic heterocycles. The van der Waals surface area contributed by atoms with Crippen molar-refractivity contribution < 1.29 is 14.7 Å². The van der Waals surface area contributed by atoms with Gasteiger partial charge < -0.3 is 15.3 Å². The summed E-state index contributed by atoms with van der Waals surface area (Å²) in [5.74, 6) is 0.549. The van der Waals surface area contributed by atoms with Crippen LogP contribution in [0.15, 0.2) is 0 Å². The highest BCUT2D eigenvalue weighted by Gasteiger charge is 2.31. The number of rotatable bonds is 4. The molecule has 0 aromatic rings. The maximum absolute atomic E-state index is 12.2. The summed E-state index contributed by atoms with van der Waals surface area (Å²) in [4.78, 5) is 26.0. The first-order valence-corrected chi connectivity index (χ1v) is 7.72. The third-order valence-corrected chi connectivity index (χ3v) is 4.37. The molecule has 20 heavy (non-hydrogen) atoms. The first-order valence-electron chi connectivity index (χ1n) is 7.72. The van der Waals surface area contributed by atoms with Crippen LogP contribution in [0.2, 0.25) is 0 Å². The zero-order chi connectivity index (χ0) is 14.7. The second-order valence-electron chi connectivity index (χ2n) is 6.51. The van der Waals surface area contributed by atoms with Crippen molar-refractivity contribution in [1.82, 2.24) is 10.2 Å². The van der Waals surface area contributed by atoms with Gasteiger partial charge in [0.25, 0.3) is 0 Å². The van der Waals surface area contributed by atoms with Gasteiger partial charge in [-0.05, 0) is 31.6 Å². The summed E-state index contributed by atoms with van der Waals surface area (Å²) < 4.78 is 0. The molecule has 2 rings (SSSR count). The molecule has 0 bridgehead atoms. The van der Waals surface area contributed by atoms with Gasteiger partial charge in [-0.15, -0.1) is 0 Å². The molecule has 2 fully saturated rings. The molecule has 1 unspecified atom stereocenters. The zero-order valence-electron chi connectivity index (χ0n) is 12.5. The number of nitrogens with zero attached hydrogens (tertiary/aromatic N) is 1. The Morgan fingerprint density at radius 2 is 2.05 bits per heavy atom. The SMILES string of the molecule is CC(C)C(=O)N1CCCC(C(=O)NCC2CC(O)C2)C1. The van der Waals surface area contributed by atoms with E-state index in [9.17, 15) is 14.7 Å². The Bertz CT molecular complexity index is 364. The average Bonchev–Trinajstić information content (AvgIpc) is 2.41. The smallest absolute Gasteiger partial charge is 0.225 e. The summed E-state index contributed by atoms with van der Waals surface area (Å²) in [7, 11) is 0.